The number of nitrogens with zero attached hydrogens (tertiary/aromatic N) is 12. The molecule has 2 N–H and O–H groups in total. The van der Waals surface area contributed by atoms with E-state index in [1.165, 1.54) is 0 Å². The molecule has 0 amide bonds. The van der Waals surface area contributed by atoms with Crippen molar-refractivity contribution in [3.8, 4) is 34.3 Å². The molecule has 18 heteroatoms. The number of pyridine rings is 2. The minimum Gasteiger partial charge on any atom is -0.488 e. The van der Waals surface area contributed by atoms with Gasteiger partial charge in [-0.25, -0.2) is 24.6 Å². The topological polar surface area (TPSA) is 188 Å². The molecule has 2 atom stereocenters. The Morgan fingerprint density at radius 3 is 2.17 bits per heavy atom. The third kappa shape index (κ3) is 7.76. The third-order valence-electron chi connectivity index (χ3n) is 12.2. The van der Waals surface area contributed by atoms with Gasteiger partial charge in [-0.15, -0.1) is 14.5 Å². The van der Waals surface area contributed by atoms with Crippen LogP contribution in [0.25, 0.3) is 22.8 Å². The molecule has 0 radical (unpaired) electrons. The molecule has 1 spiro atoms. The van der Waals surface area contributed by atoms with Gasteiger partial charge in [-0.2, -0.15) is 0 Å². The van der Waals surface area contributed by atoms with Crippen molar-refractivity contribution in [1.82, 2.24) is 44.8 Å². The van der Waals surface area contributed by atoms with E-state index in [1.807, 2.05) is 60.1 Å². The molecule has 3 aliphatic heterocycles. The molecule has 5 aliphatic rings. The zero-order chi connectivity index (χ0) is 41.2. The molecular formula is C42H53N12O6+. The molecule has 60 heavy (non-hydrogen) atoms. The zero-order valence-electron chi connectivity index (χ0n) is 34.6. The fraction of sp³-hybridized carbons (Fsp3) is 0.571. The fourth-order valence-electron chi connectivity index (χ4n) is 8.35. The largest absolute Gasteiger partial charge is 0.488 e. The summed E-state index contributed by atoms with van der Waals surface area (Å²) in [7, 11) is 0. The second-order valence-corrected chi connectivity index (χ2v) is 18.4. The van der Waals surface area contributed by atoms with Crippen LogP contribution in [-0.4, -0.2) is 126 Å². The van der Waals surface area contributed by atoms with Gasteiger partial charge in [-0.3, -0.25) is 0 Å². The van der Waals surface area contributed by atoms with E-state index in [0.717, 1.165) is 43.0 Å². The van der Waals surface area contributed by atoms with Crippen molar-refractivity contribution < 1.29 is 33.8 Å². The normalized spacial score (nSPS) is 22.4. The summed E-state index contributed by atoms with van der Waals surface area (Å²) in [6.07, 6.45) is 13.2. The molecule has 3 saturated heterocycles. The molecule has 5 aromatic rings. The average molecular weight is 822 g/mol. The Balaban J connectivity index is 0.946. The summed E-state index contributed by atoms with van der Waals surface area (Å²) in [6.45, 7) is 13.5. The van der Waals surface area contributed by atoms with E-state index in [4.69, 9.17) is 34.1 Å². The minimum atomic E-state index is -0.384. The Bertz CT molecular complexity index is 2330. The predicted molar refractivity (Wildman–Crippen MR) is 216 cm³/mol. The molecular weight excluding hydrogens is 769 g/mol. The molecule has 5 aromatic heterocycles. The fourth-order valence-corrected chi connectivity index (χ4v) is 8.35. The van der Waals surface area contributed by atoms with Crippen LogP contribution in [-0.2, 0) is 22.6 Å². The number of rotatable bonds is 15. The Morgan fingerprint density at radius 2 is 1.53 bits per heavy atom. The first-order chi connectivity index (χ1) is 29.0. The summed E-state index contributed by atoms with van der Waals surface area (Å²) in [5, 5.41) is 33.8. The highest BCUT2D eigenvalue weighted by Gasteiger charge is 2.50. The Hall–Kier alpha value is -5.30. The molecule has 5 fully saturated rings. The van der Waals surface area contributed by atoms with Crippen LogP contribution >= 0.6 is 0 Å². The quantitative estimate of drug-likeness (QED) is 0.147. The molecule has 10 rings (SSSR count). The smallest absolute Gasteiger partial charge is 0.220 e. The van der Waals surface area contributed by atoms with Crippen molar-refractivity contribution in [3.05, 3.63) is 61.2 Å². The van der Waals surface area contributed by atoms with E-state index >= 15 is 0 Å². The maximum Gasteiger partial charge on any atom is 0.220 e. The zero-order valence-corrected chi connectivity index (χ0v) is 34.6. The highest BCUT2D eigenvalue weighted by atomic mass is 16.7. The molecule has 2 unspecified atom stereocenters. The summed E-state index contributed by atoms with van der Waals surface area (Å²) in [5.41, 5.74) is 4.34. The van der Waals surface area contributed by atoms with E-state index in [-0.39, 0.29) is 54.0 Å². The highest BCUT2D eigenvalue weighted by molar-refractivity contribution is 5.68. The number of hydrogen-bond acceptors (Lipinski definition) is 15. The van der Waals surface area contributed by atoms with E-state index in [2.05, 4.69) is 43.9 Å². The Kier molecular flexibility index (Phi) is 9.72. The van der Waals surface area contributed by atoms with Crippen molar-refractivity contribution in [2.45, 2.75) is 84.6 Å². The highest BCUT2D eigenvalue weighted by Crippen LogP contribution is 2.49. The van der Waals surface area contributed by atoms with Gasteiger partial charge in [0.1, 0.15) is 23.2 Å². The first-order valence-corrected chi connectivity index (χ1v) is 20.9. The predicted octanol–water partition coefficient (Wildman–Crippen LogP) is 2.69. The second-order valence-electron chi connectivity index (χ2n) is 18.4. The first kappa shape index (κ1) is 38.9. The monoisotopic (exact) mass is 821 g/mol. The number of aromatic nitrogens is 10. The Labute approximate surface area is 348 Å². The summed E-state index contributed by atoms with van der Waals surface area (Å²) in [4.78, 5) is 23.2. The molecule has 8 heterocycles. The molecule has 0 bridgehead atoms. The van der Waals surface area contributed by atoms with Crippen molar-refractivity contribution in [3.63, 3.8) is 0 Å². The van der Waals surface area contributed by atoms with Crippen LogP contribution in [0.2, 0.25) is 0 Å². The van der Waals surface area contributed by atoms with E-state index in [0.29, 0.717) is 80.2 Å². The van der Waals surface area contributed by atoms with E-state index < -0.39 is 0 Å². The molecule has 316 valence electrons. The third-order valence-corrected chi connectivity index (χ3v) is 12.2. The SMILES string of the molecule is CC(C)Oc1cc(N2CC(C)(CO)C2)cnc1-c1c[n+](Cc2ncccn2)nn1C1CC1Oc1cc(N2CC(C)(CO)C2)cnc1-c1cn(CC2OCC3(CC3)CO2)nn1. The van der Waals surface area contributed by atoms with Gasteiger partial charge >= 0.3 is 0 Å². The standard InChI is InChI=1S/C42H53N12O6/c1-27(2)59-35-11-29(51-21-41(4,22-51)24-56)14-46-39(35)32-16-53(17-36-43-8-5-9-44-36)49-54(32)31-12-33(31)60-34-10-28(50-19-40(3,20-50)23-55)13-45-38(34)30-15-52(48-47-30)18-37-57-25-42(6-7-42)26-58-37/h5,8-11,13-16,27,31,33,37,55-56H,6-7,12,17-26H2,1-4H3/q+1. The van der Waals surface area contributed by atoms with Crippen molar-refractivity contribution in [2.24, 2.45) is 16.2 Å². The number of aliphatic hydroxyl groups is 2. The maximum absolute atomic E-state index is 9.96. The van der Waals surface area contributed by atoms with Crippen LogP contribution in [0.4, 0.5) is 11.4 Å². The summed E-state index contributed by atoms with van der Waals surface area (Å²) < 4.78 is 30.9. The van der Waals surface area contributed by atoms with Crippen molar-refractivity contribution in [2.75, 3.05) is 62.4 Å². The first-order valence-electron chi connectivity index (χ1n) is 20.9. The summed E-state index contributed by atoms with van der Waals surface area (Å²) in [6, 6.07) is 5.70. The van der Waals surface area contributed by atoms with Crippen LogP contribution in [0.1, 0.15) is 58.8 Å². The summed E-state index contributed by atoms with van der Waals surface area (Å²) in [5.74, 6) is 1.86. The molecule has 18 nitrogen and oxygen atoms in total. The Morgan fingerprint density at radius 1 is 0.883 bits per heavy atom. The van der Waals surface area contributed by atoms with Gasteiger partial charge in [-0.1, -0.05) is 19.1 Å². The molecule has 0 aromatic carbocycles. The van der Waals surface area contributed by atoms with Crippen LogP contribution in [0, 0.1) is 16.2 Å². The lowest BCUT2D eigenvalue weighted by molar-refractivity contribution is -0.748. The lowest BCUT2D eigenvalue weighted by Crippen LogP contribution is -2.56. The summed E-state index contributed by atoms with van der Waals surface area (Å²) >= 11 is 0. The van der Waals surface area contributed by atoms with Crippen LogP contribution in [0.5, 0.6) is 11.5 Å². The average Bonchev–Trinajstić information content (AvgIpc) is 4.07. The van der Waals surface area contributed by atoms with Crippen LogP contribution in [0.15, 0.2) is 55.4 Å². The van der Waals surface area contributed by atoms with Gasteiger partial charge in [0.25, 0.3) is 0 Å². The van der Waals surface area contributed by atoms with E-state index in [9.17, 15) is 10.2 Å². The lowest BCUT2D eigenvalue weighted by Gasteiger charge is -2.48. The molecule has 2 aliphatic carbocycles. The van der Waals surface area contributed by atoms with Crippen molar-refractivity contribution >= 4 is 11.4 Å². The number of hydrogen-bond donors (Lipinski definition) is 2. The number of ether oxygens (including phenoxy) is 4. The van der Waals surface area contributed by atoms with Gasteiger partial charge in [-0.05, 0) is 32.8 Å². The van der Waals surface area contributed by atoms with Crippen LogP contribution < -0.4 is 24.0 Å². The molecule has 2 saturated carbocycles. The number of anilines is 2. The van der Waals surface area contributed by atoms with Gasteiger partial charge in [0.2, 0.25) is 5.69 Å². The van der Waals surface area contributed by atoms with Gasteiger partial charge in [0.15, 0.2) is 42.3 Å². The van der Waals surface area contributed by atoms with Crippen LogP contribution in [0.3, 0.4) is 0 Å². The number of aliphatic hydroxyl groups excluding tert-OH is 2. The lowest BCUT2D eigenvalue weighted by atomic mass is 9.82. The van der Waals surface area contributed by atoms with Crippen molar-refractivity contribution in [1.29, 1.82) is 0 Å². The minimum absolute atomic E-state index is 0.103. The second kappa shape index (κ2) is 15.0. The van der Waals surface area contributed by atoms with Gasteiger partial charge < -0.3 is 39.0 Å². The van der Waals surface area contributed by atoms with Gasteiger partial charge in [0, 0.05) is 73.4 Å². The maximum atomic E-state index is 9.96. The van der Waals surface area contributed by atoms with E-state index in [1.54, 1.807) is 23.1 Å². The van der Waals surface area contributed by atoms with Gasteiger partial charge in [0.05, 0.1) is 74.3 Å².